The molecule has 1 rings (SSSR count). The van der Waals surface area contributed by atoms with Gasteiger partial charge in [-0.3, -0.25) is 5.43 Å². The van der Waals surface area contributed by atoms with Gasteiger partial charge in [0, 0.05) is 6.54 Å². The van der Waals surface area contributed by atoms with E-state index in [0.29, 0.717) is 10.9 Å². The second-order valence-corrected chi connectivity index (χ2v) is 6.17. The van der Waals surface area contributed by atoms with Crippen molar-refractivity contribution < 1.29 is 9.47 Å². The van der Waals surface area contributed by atoms with Gasteiger partial charge in [-0.05, 0) is 72.8 Å². The fourth-order valence-electron chi connectivity index (χ4n) is 1.58. The third-order valence-electron chi connectivity index (χ3n) is 2.86. The highest BCUT2D eigenvalue weighted by molar-refractivity contribution is 14.1. The van der Waals surface area contributed by atoms with Crippen molar-refractivity contribution in [2.75, 3.05) is 13.7 Å². The van der Waals surface area contributed by atoms with Crippen molar-refractivity contribution in [2.45, 2.75) is 33.3 Å². The lowest BCUT2D eigenvalue weighted by atomic mass is 10.2. The quantitative estimate of drug-likeness (QED) is 0.298. The van der Waals surface area contributed by atoms with Gasteiger partial charge in [0.05, 0.1) is 23.0 Å². The molecule has 7 heteroatoms. The zero-order valence-corrected chi connectivity index (χ0v) is 16.2. The number of thiocarbonyl (C=S) groups is 1. The molecule has 1 unspecified atom stereocenters. The molecule has 5 nitrogen and oxygen atoms in total. The van der Waals surface area contributed by atoms with Gasteiger partial charge in [0.1, 0.15) is 0 Å². The molecule has 0 spiro atoms. The average Bonchev–Trinajstić information content (AvgIpc) is 2.49. The summed E-state index contributed by atoms with van der Waals surface area (Å²) in [5, 5.41) is 7.57. The van der Waals surface area contributed by atoms with Crippen molar-refractivity contribution in [3.8, 4) is 11.5 Å². The van der Waals surface area contributed by atoms with Crippen LogP contribution >= 0.6 is 34.8 Å². The van der Waals surface area contributed by atoms with Crippen LogP contribution in [-0.2, 0) is 0 Å². The van der Waals surface area contributed by atoms with E-state index in [4.69, 9.17) is 21.7 Å². The Kier molecular flexibility index (Phi) is 8.47. The van der Waals surface area contributed by atoms with Gasteiger partial charge >= 0.3 is 0 Å². The third kappa shape index (κ3) is 5.96. The molecule has 0 aromatic heterocycles. The number of nitrogens with zero attached hydrogens (tertiary/aromatic N) is 1. The highest BCUT2D eigenvalue weighted by Crippen LogP contribution is 2.34. The molecule has 0 aliphatic heterocycles. The minimum absolute atomic E-state index is 0.140. The number of halogens is 1. The zero-order valence-electron chi connectivity index (χ0n) is 13.3. The van der Waals surface area contributed by atoms with Crippen LogP contribution in [0.25, 0.3) is 0 Å². The normalized spacial score (nSPS) is 12.0. The molecule has 0 amide bonds. The number of hydrazone groups is 1. The first-order chi connectivity index (χ1) is 10.5. The summed E-state index contributed by atoms with van der Waals surface area (Å²) in [7, 11) is 1.63. The van der Waals surface area contributed by atoms with Gasteiger partial charge < -0.3 is 14.8 Å². The monoisotopic (exact) mass is 435 g/mol. The molecule has 22 heavy (non-hydrogen) atoms. The molecular formula is C15H22IN3O2S. The maximum Gasteiger partial charge on any atom is 0.186 e. The summed E-state index contributed by atoms with van der Waals surface area (Å²) < 4.78 is 12.3. The fourth-order valence-corrected chi connectivity index (χ4v) is 2.53. The molecule has 1 aromatic carbocycles. The zero-order chi connectivity index (χ0) is 16.5. The Morgan fingerprint density at radius 2 is 2.18 bits per heavy atom. The Morgan fingerprint density at radius 3 is 2.77 bits per heavy atom. The SMILES string of the molecule is CCNC(=S)NN=Cc1cc(I)c(OC(C)CC)c(OC)c1. The minimum atomic E-state index is 0.140. The van der Waals surface area contributed by atoms with Crippen LogP contribution in [0.15, 0.2) is 17.2 Å². The molecule has 2 N–H and O–H groups in total. The van der Waals surface area contributed by atoms with Gasteiger partial charge in [0.15, 0.2) is 16.6 Å². The number of hydrogen-bond donors (Lipinski definition) is 2. The van der Waals surface area contributed by atoms with Gasteiger partial charge in [0.25, 0.3) is 0 Å². The fraction of sp³-hybridized carbons (Fsp3) is 0.467. The van der Waals surface area contributed by atoms with E-state index in [1.807, 2.05) is 26.0 Å². The van der Waals surface area contributed by atoms with Crippen LogP contribution in [0.5, 0.6) is 11.5 Å². The molecule has 1 aromatic rings. The molecule has 0 radical (unpaired) electrons. The van der Waals surface area contributed by atoms with Gasteiger partial charge in [-0.25, -0.2) is 0 Å². The van der Waals surface area contributed by atoms with Crippen molar-refractivity contribution in [1.29, 1.82) is 0 Å². The largest absolute Gasteiger partial charge is 0.493 e. The van der Waals surface area contributed by atoms with Crippen molar-refractivity contribution >= 4 is 46.1 Å². The van der Waals surface area contributed by atoms with Crippen molar-refractivity contribution in [1.82, 2.24) is 10.7 Å². The lowest BCUT2D eigenvalue weighted by molar-refractivity contribution is 0.206. The number of hydrogen-bond acceptors (Lipinski definition) is 4. The van der Waals surface area contributed by atoms with E-state index < -0.39 is 0 Å². The van der Waals surface area contributed by atoms with Gasteiger partial charge in [-0.2, -0.15) is 5.10 Å². The Bertz CT molecular complexity index is 538. The predicted molar refractivity (Wildman–Crippen MR) is 103 cm³/mol. The molecule has 122 valence electrons. The predicted octanol–water partition coefficient (Wildman–Crippen LogP) is 3.30. The maximum absolute atomic E-state index is 5.92. The van der Waals surface area contributed by atoms with Crippen LogP contribution in [0.3, 0.4) is 0 Å². The summed E-state index contributed by atoms with van der Waals surface area (Å²) in [6.07, 6.45) is 2.77. The van der Waals surface area contributed by atoms with Crippen LogP contribution in [0.4, 0.5) is 0 Å². The standard InChI is InChI=1S/C15H22IN3O2S/c1-5-10(3)21-14-12(16)7-11(8-13(14)20-4)9-18-19-15(22)17-6-2/h7-10H,5-6H2,1-4H3,(H2,17,19,22). The molecule has 0 aliphatic carbocycles. The summed E-state index contributed by atoms with van der Waals surface area (Å²) in [4.78, 5) is 0. The van der Waals surface area contributed by atoms with E-state index >= 15 is 0 Å². The van der Waals surface area contributed by atoms with E-state index in [0.717, 1.165) is 27.8 Å². The Hall–Kier alpha value is -1.09. The second kappa shape index (κ2) is 9.83. The molecule has 0 aliphatic rings. The lowest BCUT2D eigenvalue weighted by Crippen LogP contribution is -2.31. The first-order valence-electron chi connectivity index (χ1n) is 7.12. The summed E-state index contributed by atoms with van der Waals surface area (Å²) in [5.74, 6) is 1.47. The highest BCUT2D eigenvalue weighted by atomic mass is 127. The van der Waals surface area contributed by atoms with Crippen molar-refractivity contribution in [3.63, 3.8) is 0 Å². The summed E-state index contributed by atoms with van der Waals surface area (Å²) in [6, 6.07) is 3.88. The van der Waals surface area contributed by atoms with Crippen LogP contribution in [-0.4, -0.2) is 31.1 Å². The van der Waals surface area contributed by atoms with Crippen LogP contribution in [0.1, 0.15) is 32.8 Å². The summed E-state index contributed by atoms with van der Waals surface area (Å²) >= 11 is 7.28. The summed E-state index contributed by atoms with van der Waals surface area (Å²) in [5.41, 5.74) is 3.67. The second-order valence-electron chi connectivity index (χ2n) is 4.60. The third-order valence-corrected chi connectivity index (χ3v) is 3.90. The van der Waals surface area contributed by atoms with Crippen molar-refractivity contribution in [3.05, 3.63) is 21.3 Å². The molecule has 0 saturated heterocycles. The average molecular weight is 435 g/mol. The molecule has 0 bridgehead atoms. The number of methoxy groups -OCH3 is 1. The first kappa shape index (κ1) is 19.0. The smallest absolute Gasteiger partial charge is 0.186 e. The van der Waals surface area contributed by atoms with E-state index in [1.54, 1.807) is 13.3 Å². The van der Waals surface area contributed by atoms with Crippen molar-refractivity contribution in [2.24, 2.45) is 5.10 Å². The molecule has 1 atom stereocenters. The molecular weight excluding hydrogens is 413 g/mol. The minimum Gasteiger partial charge on any atom is -0.493 e. The number of nitrogens with one attached hydrogen (secondary N) is 2. The number of ether oxygens (including phenoxy) is 2. The van der Waals surface area contributed by atoms with Crippen LogP contribution in [0.2, 0.25) is 0 Å². The van der Waals surface area contributed by atoms with Gasteiger partial charge in [-0.15, -0.1) is 0 Å². The summed E-state index contributed by atoms with van der Waals surface area (Å²) in [6.45, 7) is 6.86. The highest BCUT2D eigenvalue weighted by Gasteiger charge is 2.13. The lowest BCUT2D eigenvalue weighted by Gasteiger charge is -2.17. The first-order valence-corrected chi connectivity index (χ1v) is 8.61. The number of benzene rings is 1. The van der Waals surface area contributed by atoms with E-state index in [9.17, 15) is 0 Å². The Balaban J connectivity index is 2.88. The van der Waals surface area contributed by atoms with E-state index in [1.165, 1.54) is 0 Å². The van der Waals surface area contributed by atoms with Crippen LogP contribution in [0, 0.1) is 3.57 Å². The maximum atomic E-state index is 5.92. The van der Waals surface area contributed by atoms with Crippen LogP contribution < -0.4 is 20.2 Å². The molecule has 0 fully saturated rings. The topological polar surface area (TPSA) is 54.9 Å². The number of rotatable bonds is 7. The Morgan fingerprint density at radius 1 is 1.45 bits per heavy atom. The van der Waals surface area contributed by atoms with E-state index in [-0.39, 0.29) is 6.10 Å². The van der Waals surface area contributed by atoms with Gasteiger partial charge in [-0.1, -0.05) is 6.92 Å². The molecule has 0 heterocycles. The Labute approximate surface area is 151 Å². The molecule has 0 saturated carbocycles. The van der Waals surface area contributed by atoms with E-state index in [2.05, 4.69) is 45.4 Å². The van der Waals surface area contributed by atoms with Gasteiger partial charge in [0.2, 0.25) is 0 Å².